The van der Waals surface area contributed by atoms with Crippen LogP contribution in [-0.2, 0) is 9.73 Å². The molecular weight excluding hydrogens is 214 g/mol. The Morgan fingerprint density at radius 1 is 1.20 bits per heavy atom. The van der Waals surface area contributed by atoms with E-state index in [1.54, 1.807) is 6.07 Å². The Labute approximate surface area is 88.4 Å². The lowest BCUT2D eigenvalue weighted by molar-refractivity contribution is 0.174. The molecule has 0 unspecified atom stereocenters. The van der Waals surface area contributed by atoms with Gasteiger partial charge >= 0.3 is 0 Å². The molecule has 1 aromatic rings. The Morgan fingerprint density at radius 3 is 2.73 bits per heavy atom. The van der Waals surface area contributed by atoms with Gasteiger partial charge in [-0.2, -0.15) is 4.36 Å². The summed E-state index contributed by atoms with van der Waals surface area (Å²) in [5, 5.41) is 0. The molecule has 0 aromatic heterocycles. The van der Waals surface area contributed by atoms with Crippen molar-refractivity contribution in [2.45, 2.75) is 6.42 Å². The first-order valence-electron chi connectivity index (χ1n) is 4.87. The molecule has 0 spiro atoms. The molecule has 1 fully saturated rings. The lowest BCUT2D eigenvalue weighted by Crippen LogP contribution is -2.22. The van der Waals surface area contributed by atoms with Crippen LogP contribution in [0.5, 0.6) is 11.5 Å². The Kier molecular flexibility index (Phi) is 1.88. The van der Waals surface area contributed by atoms with Crippen LogP contribution in [-0.4, -0.2) is 22.5 Å². The van der Waals surface area contributed by atoms with Crippen LogP contribution < -0.4 is 9.47 Å². The summed E-state index contributed by atoms with van der Waals surface area (Å²) in [5.74, 6) is 2.87. The normalized spacial score (nSPS) is 20.8. The first kappa shape index (κ1) is 9.03. The van der Waals surface area contributed by atoms with Gasteiger partial charge in [0, 0.05) is 17.6 Å². The average molecular weight is 225 g/mol. The van der Waals surface area contributed by atoms with Gasteiger partial charge in [-0.15, -0.1) is 0 Å². The Bertz CT molecular complexity index is 507. The number of benzene rings is 1. The third-order valence-corrected chi connectivity index (χ3v) is 4.95. The zero-order chi connectivity index (χ0) is 10.3. The quantitative estimate of drug-likeness (QED) is 0.733. The fourth-order valence-corrected chi connectivity index (χ4v) is 3.08. The standard InChI is InChI=1S/C10H11NO3S/c12-15(4-1-5-15)11-8-2-3-9-10(6-8)14-7-13-9/h2-3,6H,1,4-5,7H2. The number of rotatable bonds is 1. The van der Waals surface area contributed by atoms with Crippen molar-refractivity contribution in [1.29, 1.82) is 0 Å². The second-order valence-electron chi connectivity index (χ2n) is 3.66. The van der Waals surface area contributed by atoms with Gasteiger partial charge in [0.15, 0.2) is 11.5 Å². The number of fused-ring (bicyclic) bond motifs is 1. The minimum absolute atomic E-state index is 0.258. The molecule has 0 amide bonds. The van der Waals surface area contributed by atoms with Crippen LogP contribution in [0.1, 0.15) is 6.42 Å². The molecule has 0 aliphatic carbocycles. The Balaban J connectivity index is 2.00. The molecule has 15 heavy (non-hydrogen) atoms. The van der Waals surface area contributed by atoms with Gasteiger partial charge < -0.3 is 9.47 Å². The summed E-state index contributed by atoms with van der Waals surface area (Å²) >= 11 is 0. The van der Waals surface area contributed by atoms with Crippen molar-refractivity contribution >= 4 is 15.4 Å². The smallest absolute Gasteiger partial charge is 0.231 e. The van der Waals surface area contributed by atoms with Crippen molar-refractivity contribution in [3.63, 3.8) is 0 Å². The molecule has 5 heteroatoms. The van der Waals surface area contributed by atoms with Gasteiger partial charge in [0.05, 0.1) is 15.4 Å². The van der Waals surface area contributed by atoms with Crippen molar-refractivity contribution < 1.29 is 13.7 Å². The topological polar surface area (TPSA) is 47.9 Å². The van der Waals surface area contributed by atoms with Gasteiger partial charge in [-0.1, -0.05) is 0 Å². The molecule has 2 aliphatic rings. The highest BCUT2D eigenvalue weighted by Gasteiger charge is 2.20. The third-order valence-electron chi connectivity index (χ3n) is 2.55. The largest absolute Gasteiger partial charge is 0.454 e. The van der Waals surface area contributed by atoms with Gasteiger partial charge in [-0.05, 0) is 18.6 Å². The molecule has 80 valence electrons. The molecule has 0 atom stereocenters. The fourth-order valence-electron chi connectivity index (χ4n) is 1.62. The van der Waals surface area contributed by atoms with E-state index >= 15 is 0 Å². The predicted octanol–water partition coefficient (Wildman–Crippen LogP) is 1.92. The van der Waals surface area contributed by atoms with Crippen LogP contribution in [0.3, 0.4) is 0 Å². The van der Waals surface area contributed by atoms with E-state index in [1.165, 1.54) is 0 Å². The van der Waals surface area contributed by atoms with Gasteiger partial charge in [0.1, 0.15) is 0 Å². The Hall–Kier alpha value is -1.23. The van der Waals surface area contributed by atoms with E-state index in [1.807, 2.05) is 12.1 Å². The zero-order valence-electron chi connectivity index (χ0n) is 8.14. The van der Waals surface area contributed by atoms with Crippen LogP contribution in [0.25, 0.3) is 0 Å². The molecular formula is C10H11NO3S. The summed E-state index contributed by atoms with van der Waals surface area (Å²) in [7, 11) is -1.93. The Morgan fingerprint density at radius 2 is 2.00 bits per heavy atom. The third kappa shape index (κ3) is 1.56. The maximum Gasteiger partial charge on any atom is 0.231 e. The van der Waals surface area contributed by atoms with E-state index in [4.69, 9.17) is 9.47 Å². The SMILES string of the molecule is O=S1(=Nc2ccc3c(c2)OCO3)CCC1. The average Bonchev–Trinajstić information content (AvgIpc) is 2.62. The maximum atomic E-state index is 11.9. The first-order valence-corrected chi connectivity index (χ1v) is 6.73. The van der Waals surface area contributed by atoms with Gasteiger partial charge in [-0.25, -0.2) is 4.21 Å². The van der Waals surface area contributed by atoms with Crippen LogP contribution in [0.2, 0.25) is 0 Å². The molecule has 0 bridgehead atoms. The van der Waals surface area contributed by atoms with E-state index in [-0.39, 0.29) is 6.79 Å². The maximum absolute atomic E-state index is 11.9. The van der Waals surface area contributed by atoms with E-state index in [0.29, 0.717) is 5.75 Å². The molecule has 0 N–H and O–H groups in total. The summed E-state index contributed by atoms with van der Waals surface area (Å²) in [6, 6.07) is 5.41. The second-order valence-corrected chi connectivity index (χ2v) is 6.21. The summed E-state index contributed by atoms with van der Waals surface area (Å²) in [6.45, 7) is 0.258. The summed E-state index contributed by atoms with van der Waals surface area (Å²) < 4.78 is 26.6. The van der Waals surface area contributed by atoms with Crippen LogP contribution >= 0.6 is 0 Å². The van der Waals surface area contributed by atoms with E-state index in [0.717, 1.165) is 29.4 Å². The minimum atomic E-state index is -1.93. The lowest BCUT2D eigenvalue weighted by Gasteiger charge is -2.17. The first-order chi connectivity index (χ1) is 7.25. The van der Waals surface area contributed by atoms with Gasteiger partial charge in [0.25, 0.3) is 0 Å². The highest BCUT2D eigenvalue weighted by Crippen LogP contribution is 2.36. The van der Waals surface area contributed by atoms with Gasteiger partial charge in [-0.3, -0.25) is 0 Å². The van der Waals surface area contributed by atoms with Crippen molar-refractivity contribution in [3.8, 4) is 11.5 Å². The molecule has 2 aliphatic heterocycles. The van der Waals surface area contributed by atoms with E-state index in [9.17, 15) is 4.21 Å². The van der Waals surface area contributed by atoms with Crippen molar-refractivity contribution in [2.75, 3.05) is 18.3 Å². The highest BCUT2D eigenvalue weighted by atomic mass is 32.2. The molecule has 2 heterocycles. The fraction of sp³-hybridized carbons (Fsp3) is 0.400. The van der Waals surface area contributed by atoms with Gasteiger partial charge in [0.2, 0.25) is 6.79 Å². The van der Waals surface area contributed by atoms with Crippen LogP contribution in [0, 0.1) is 0 Å². The molecule has 3 rings (SSSR count). The van der Waals surface area contributed by atoms with E-state index in [2.05, 4.69) is 4.36 Å². The summed E-state index contributed by atoms with van der Waals surface area (Å²) in [6.07, 6.45) is 1.02. The van der Waals surface area contributed by atoms with Crippen LogP contribution in [0.4, 0.5) is 5.69 Å². The molecule has 1 aromatic carbocycles. The molecule has 1 saturated heterocycles. The molecule has 0 radical (unpaired) electrons. The lowest BCUT2D eigenvalue weighted by atomic mass is 10.3. The van der Waals surface area contributed by atoms with Crippen molar-refractivity contribution in [2.24, 2.45) is 4.36 Å². The van der Waals surface area contributed by atoms with Crippen molar-refractivity contribution in [1.82, 2.24) is 0 Å². The zero-order valence-corrected chi connectivity index (χ0v) is 8.96. The number of hydrogen-bond donors (Lipinski definition) is 0. The molecule has 4 nitrogen and oxygen atoms in total. The predicted molar refractivity (Wildman–Crippen MR) is 57.1 cm³/mol. The highest BCUT2D eigenvalue weighted by molar-refractivity contribution is 7.95. The van der Waals surface area contributed by atoms with Crippen LogP contribution in [0.15, 0.2) is 22.6 Å². The second kappa shape index (κ2) is 3.13. The summed E-state index contributed by atoms with van der Waals surface area (Å²) in [4.78, 5) is 0. The minimum Gasteiger partial charge on any atom is -0.454 e. The number of nitrogens with zero attached hydrogens (tertiary/aromatic N) is 1. The number of ether oxygens (including phenoxy) is 2. The number of hydrogen-bond acceptors (Lipinski definition) is 4. The van der Waals surface area contributed by atoms with E-state index < -0.39 is 9.73 Å². The monoisotopic (exact) mass is 225 g/mol. The molecule has 0 saturated carbocycles. The van der Waals surface area contributed by atoms with Crippen molar-refractivity contribution in [3.05, 3.63) is 18.2 Å². The summed E-state index contributed by atoms with van der Waals surface area (Å²) in [5.41, 5.74) is 0.726.